The molecular formula is C25H46O5. The Morgan fingerprint density at radius 2 is 1.40 bits per heavy atom. The molecule has 0 saturated heterocycles. The first-order valence-electron chi connectivity index (χ1n) is 11.9. The van der Waals surface area contributed by atoms with Crippen molar-refractivity contribution in [2.45, 2.75) is 125 Å². The minimum Gasteiger partial charge on any atom is -0.466 e. The van der Waals surface area contributed by atoms with E-state index in [1.54, 1.807) is 6.92 Å². The number of carbonyl (C=O) groups excluding carboxylic acids is 3. The summed E-state index contributed by atoms with van der Waals surface area (Å²) in [6, 6.07) is 0. The SMILES string of the molecule is CCOC(=O)CCCCCCC(CCCC(CCCC(C)(C)C)OC(C)=O)C(C)=O. The summed E-state index contributed by atoms with van der Waals surface area (Å²) in [6.45, 7) is 12.1. The number of carbonyl (C=O) groups is 3. The van der Waals surface area contributed by atoms with Crippen molar-refractivity contribution in [1.29, 1.82) is 0 Å². The van der Waals surface area contributed by atoms with E-state index < -0.39 is 0 Å². The molecule has 0 radical (unpaired) electrons. The van der Waals surface area contributed by atoms with Gasteiger partial charge in [-0.05, 0) is 70.6 Å². The van der Waals surface area contributed by atoms with Crippen LogP contribution in [0.1, 0.15) is 119 Å². The van der Waals surface area contributed by atoms with Gasteiger partial charge in [0.1, 0.15) is 11.9 Å². The summed E-state index contributed by atoms with van der Waals surface area (Å²) < 4.78 is 10.4. The topological polar surface area (TPSA) is 69.7 Å². The van der Waals surface area contributed by atoms with E-state index in [4.69, 9.17) is 9.47 Å². The average Bonchev–Trinajstić information content (AvgIpc) is 2.61. The van der Waals surface area contributed by atoms with Crippen molar-refractivity contribution in [3.8, 4) is 0 Å². The summed E-state index contributed by atoms with van der Waals surface area (Å²) in [5.74, 6) is -0.00783. The monoisotopic (exact) mass is 426 g/mol. The third kappa shape index (κ3) is 17.5. The normalized spacial score (nSPS) is 13.5. The fourth-order valence-electron chi connectivity index (χ4n) is 3.75. The van der Waals surface area contributed by atoms with E-state index in [1.165, 1.54) is 6.92 Å². The van der Waals surface area contributed by atoms with Crippen molar-refractivity contribution in [3.63, 3.8) is 0 Å². The third-order valence-electron chi connectivity index (χ3n) is 5.43. The third-order valence-corrected chi connectivity index (χ3v) is 5.43. The second-order valence-electron chi connectivity index (χ2n) is 9.68. The van der Waals surface area contributed by atoms with Gasteiger partial charge >= 0.3 is 11.9 Å². The van der Waals surface area contributed by atoms with Gasteiger partial charge < -0.3 is 9.47 Å². The van der Waals surface area contributed by atoms with E-state index in [2.05, 4.69) is 20.8 Å². The molecule has 30 heavy (non-hydrogen) atoms. The van der Waals surface area contributed by atoms with E-state index >= 15 is 0 Å². The molecule has 0 spiro atoms. The van der Waals surface area contributed by atoms with Crippen molar-refractivity contribution in [1.82, 2.24) is 0 Å². The number of hydrogen-bond donors (Lipinski definition) is 0. The maximum absolute atomic E-state index is 12.0. The molecule has 2 atom stereocenters. The highest BCUT2D eigenvalue weighted by atomic mass is 16.5. The predicted molar refractivity (Wildman–Crippen MR) is 121 cm³/mol. The number of ether oxygens (including phenoxy) is 2. The van der Waals surface area contributed by atoms with Gasteiger partial charge in [-0.3, -0.25) is 14.4 Å². The summed E-state index contributed by atoms with van der Waals surface area (Å²) in [5, 5.41) is 0. The summed E-state index contributed by atoms with van der Waals surface area (Å²) in [4.78, 5) is 34.8. The van der Waals surface area contributed by atoms with Gasteiger partial charge in [0.2, 0.25) is 0 Å². The van der Waals surface area contributed by atoms with Crippen LogP contribution in [-0.2, 0) is 23.9 Å². The number of esters is 2. The minimum absolute atomic E-state index is 0.0414. The smallest absolute Gasteiger partial charge is 0.305 e. The zero-order valence-corrected chi connectivity index (χ0v) is 20.4. The highest BCUT2D eigenvalue weighted by Crippen LogP contribution is 2.25. The molecule has 0 aromatic carbocycles. The van der Waals surface area contributed by atoms with Crippen LogP contribution in [0.25, 0.3) is 0 Å². The van der Waals surface area contributed by atoms with Crippen LogP contribution in [0, 0.1) is 11.3 Å². The molecule has 0 aliphatic rings. The molecule has 0 aromatic rings. The molecule has 0 saturated carbocycles. The van der Waals surface area contributed by atoms with Crippen molar-refractivity contribution in [2.75, 3.05) is 6.61 Å². The van der Waals surface area contributed by atoms with Crippen LogP contribution in [0.5, 0.6) is 0 Å². The lowest BCUT2D eigenvalue weighted by molar-refractivity contribution is -0.147. The fraction of sp³-hybridized carbons (Fsp3) is 0.880. The maximum atomic E-state index is 12.0. The molecule has 176 valence electrons. The molecule has 5 nitrogen and oxygen atoms in total. The van der Waals surface area contributed by atoms with Crippen LogP contribution in [0.15, 0.2) is 0 Å². The van der Waals surface area contributed by atoms with Gasteiger partial charge in [-0.2, -0.15) is 0 Å². The predicted octanol–water partition coefficient (Wildman–Crippen LogP) is 6.41. The van der Waals surface area contributed by atoms with E-state index in [9.17, 15) is 14.4 Å². The largest absolute Gasteiger partial charge is 0.466 e. The van der Waals surface area contributed by atoms with Gasteiger partial charge in [0.15, 0.2) is 0 Å². The van der Waals surface area contributed by atoms with Crippen LogP contribution in [0.4, 0.5) is 0 Å². The molecule has 0 aromatic heterocycles. The van der Waals surface area contributed by atoms with Gasteiger partial charge in [0, 0.05) is 19.3 Å². The number of hydrogen-bond acceptors (Lipinski definition) is 5. The number of unbranched alkanes of at least 4 members (excludes halogenated alkanes) is 3. The summed E-state index contributed by atoms with van der Waals surface area (Å²) in [6.07, 6.45) is 10.9. The molecule has 0 amide bonds. The van der Waals surface area contributed by atoms with Crippen LogP contribution >= 0.6 is 0 Å². The molecule has 0 N–H and O–H groups in total. The lowest BCUT2D eigenvalue weighted by Crippen LogP contribution is -2.18. The molecule has 0 bridgehead atoms. The highest BCUT2D eigenvalue weighted by molar-refractivity contribution is 5.78. The Morgan fingerprint density at radius 1 is 0.800 bits per heavy atom. The maximum Gasteiger partial charge on any atom is 0.305 e. The summed E-state index contributed by atoms with van der Waals surface area (Å²) in [5.41, 5.74) is 0.289. The highest BCUT2D eigenvalue weighted by Gasteiger charge is 2.18. The lowest BCUT2D eigenvalue weighted by atomic mass is 9.88. The van der Waals surface area contributed by atoms with Crippen LogP contribution < -0.4 is 0 Å². The van der Waals surface area contributed by atoms with Crippen LogP contribution in [-0.4, -0.2) is 30.4 Å². The van der Waals surface area contributed by atoms with Crippen LogP contribution in [0.2, 0.25) is 0 Å². The molecular weight excluding hydrogens is 380 g/mol. The first kappa shape index (κ1) is 28.6. The first-order valence-corrected chi connectivity index (χ1v) is 11.9. The Morgan fingerprint density at radius 3 is 1.97 bits per heavy atom. The molecule has 5 heteroatoms. The molecule has 2 unspecified atom stereocenters. The van der Waals surface area contributed by atoms with Gasteiger partial charge in [0.05, 0.1) is 6.61 Å². The zero-order valence-electron chi connectivity index (χ0n) is 20.4. The summed E-state index contributed by atoms with van der Waals surface area (Å²) >= 11 is 0. The Bertz CT molecular complexity index is 492. The first-order chi connectivity index (χ1) is 14.0. The minimum atomic E-state index is -0.221. The Balaban J connectivity index is 4.18. The van der Waals surface area contributed by atoms with E-state index in [0.29, 0.717) is 13.0 Å². The quantitative estimate of drug-likeness (QED) is 0.198. The summed E-state index contributed by atoms with van der Waals surface area (Å²) in [7, 11) is 0. The molecule has 0 rings (SSSR count). The molecule has 0 aliphatic carbocycles. The number of ketones is 1. The van der Waals surface area contributed by atoms with E-state index in [1.807, 2.05) is 6.92 Å². The van der Waals surface area contributed by atoms with E-state index in [-0.39, 0.29) is 35.2 Å². The van der Waals surface area contributed by atoms with E-state index in [0.717, 1.165) is 70.6 Å². The second kappa shape index (κ2) is 16.3. The van der Waals surface area contributed by atoms with Gasteiger partial charge in [-0.15, -0.1) is 0 Å². The zero-order chi connectivity index (χ0) is 23.0. The second-order valence-corrected chi connectivity index (χ2v) is 9.68. The van der Waals surface area contributed by atoms with Crippen molar-refractivity contribution < 1.29 is 23.9 Å². The Labute approximate surface area is 184 Å². The lowest BCUT2D eigenvalue weighted by Gasteiger charge is -2.22. The van der Waals surface area contributed by atoms with Crippen molar-refractivity contribution in [3.05, 3.63) is 0 Å². The van der Waals surface area contributed by atoms with Crippen molar-refractivity contribution in [2.24, 2.45) is 11.3 Å². The number of rotatable bonds is 17. The Kier molecular flexibility index (Phi) is 15.6. The van der Waals surface area contributed by atoms with Gasteiger partial charge in [-0.1, -0.05) is 40.0 Å². The molecule has 0 heterocycles. The standard InChI is InChI=1S/C25H46O5/c1-7-29-24(28)18-11-9-8-10-14-22(20(2)26)15-12-16-23(30-21(3)27)17-13-19-25(4,5)6/h22-23H,7-19H2,1-6H3. The Hall–Kier alpha value is -1.39. The fourth-order valence-corrected chi connectivity index (χ4v) is 3.75. The van der Waals surface area contributed by atoms with Crippen molar-refractivity contribution >= 4 is 17.7 Å². The van der Waals surface area contributed by atoms with Gasteiger partial charge in [-0.25, -0.2) is 0 Å². The molecule has 0 aliphatic heterocycles. The van der Waals surface area contributed by atoms with Crippen LogP contribution in [0.3, 0.4) is 0 Å². The molecule has 0 fully saturated rings. The number of Topliss-reactive ketones (excluding diaryl/α,β-unsaturated/α-hetero) is 1. The van der Waals surface area contributed by atoms with Gasteiger partial charge in [0.25, 0.3) is 0 Å². The average molecular weight is 427 g/mol.